The van der Waals surface area contributed by atoms with Crippen molar-refractivity contribution in [3.8, 4) is 0 Å². The number of aromatic carboxylic acids is 1. The highest BCUT2D eigenvalue weighted by Crippen LogP contribution is 2.29. The predicted octanol–water partition coefficient (Wildman–Crippen LogP) is 3.15. The van der Waals surface area contributed by atoms with Gasteiger partial charge >= 0.3 is 5.97 Å². The van der Waals surface area contributed by atoms with Crippen molar-refractivity contribution >= 4 is 60.2 Å². The smallest absolute Gasteiger partial charge is 0.371 e. The highest BCUT2D eigenvalue weighted by Gasteiger charge is 2.25. The number of anilines is 1. The Bertz CT molecular complexity index is 771. The van der Waals surface area contributed by atoms with Crippen LogP contribution in [-0.2, 0) is 10.0 Å². The normalized spacial score (nSPS) is 11.3. The zero-order valence-electron chi connectivity index (χ0n) is 9.63. The first kappa shape index (κ1) is 15.3. The highest BCUT2D eigenvalue weighted by molar-refractivity contribution is 14.1. The van der Waals surface area contributed by atoms with Crippen molar-refractivity contribution in [1.29, 1.82) is 0 Å². The van der Waals surface area contributed by atoms with Gasteiger partial charge in [0.15, 0.2) is 4.67 Å². The Hall–Kier alpha value is -1.07. The Morgan fingerprint density at radius 2 is 2.00 bits per heavy atom. The molecule has 0 saturated heterocycles. The number of nitrogens with one attached hydrogen (secondary N) is 1. The molecule has 2 rings (SSSR count). The van der Waals surface area contributed by atoms with E-state index in [0.717, 1.165) is 6.07 Å². The minimum Gasteiger partial charge on any atom is -0.475 e. The van der Waals surface area contributed by atoms with Gasteiger partial charge in [-0.15, -0.1) is 0 Å². The molecule has 0 radical (unpaired) electrons. The van der Waals surface area contributed by atoms with Crippen molar-refractivity contribution < 1.29 is 22.7 Å². The minimum atomic E-state index is -3.94. The van der Waals surface area contributed by atoms with E-state index in [1.54, 1.807) is 24.3 Å². The molecule has 1 heterocycles. The Morgan fingerprint density at radius 1 is 1.35 bits per heavy atom. The van der Waals surface area contributed by atoms with Gasteiger partial charge < -0.3 is 9.52 Å². The molecule has 6 nitrogen and oxygen atoms in total. The number of hydrogen-bond acceptors (Lipinski definition) is 4. The second-order valence-electron chi connectivity index (χ2n) is 3.64. The third-order valence-electron chi connectivity index (χ3n) is 2.27. The van der Waals surface area contributed by atoms with E-state index in [4.69, 9.17) is 9.52 Å². The van der Waals surface area contributed by atoms with E-state index in [1.807, 2.05) is 22.6 Å². The Labute approximate surface area is 136 Å². The van der Waals surface area contributed by atoms with Gasteiger partial charge in [0.1, 0.15) is 4.90 Å². The van der Waals surface area contributed by atoms with Gasteiger partial charge in [-0.05, 0) is 50.7 Å². The second-order valence-corrected chi connectivity index (χ2v) is 7.17. The fourth-order valence-electron chi connectivity index (χ4n) is 1.38. The van der Waals surface area contributed by atoms with Crippen molar-refractivity contribution in [1.82, 2.24) is 0 Å². The first-order valence-electron chi connectivity index (χ1n) is 5.11. The molecule has 9 heteroatoms. The molecule has 20 heavy (non-hydrogen) atoms. The van der Waals surface area contributed by atoms with Crippen molar-refractivity contribution in [2.75, 3.05) is 4.72 Å². The third kappa shape index (κ3) is 3.15. The highest BCUT2D eigenvalue weighted by atomic mass is 127. The number of halogens is 2. The van der Waals surface area contributed by atoms with Crippen LogP contribution in [0.4, 0.5) is 5.69 Å². The van der Waals surface area contributed by atoms with Gasteiger partial charge in [-0.25, -0.2) is 13.2 Å². The molecular weight excluding hydrogens is 465 g/mol. The summed E-state index contributed by atoms with van der Waals surface area (Å²) in [5.74, 6) is -1.80. The fraction of sp³-hybridized carbons (Fsp3) is 0. The lowest BCUT2D eigenvalue weighted by molar-refractivity contribution is 0.0661. The standard InChI is InChI=1S/C11H7BrINO5S/c12-10-9(5-8(19-10)11(15)16)20(17,18)14-7-4-2-1-3-6(7)13/h1-5,14H,(H,15,16). The van der Waals surface area contributed by atoms with Crippen LogP contribution in [0.2, 0.25) is 0 Å². The predicted molar refractivity (Wildman–Crippen MR) is 83.3 cm³/mol. The van der Waals surface area contributed by atoms with Crippen LogP contribution in [-0.4, -0.2) is 19.5 Å². The van der Waals surface area contributed by atoms with Gasteiger partial charge in [-0.1, -0.05) is 12.1 Å². The zero-order valence-corrected chi connectivity index (χ0v) is 14.2. The molecule has 0 bridgehead atoms. The molecule has 1 aromatic carbocycles. The van der Waals surface area contributed by atoms with E-state index in [0.29, 0.717) is 9.26 Å². The Morgan fingerprint density at radius 3 is 2.55 bits per heavy atom. The zero-order chi connectivity index (χ0) is 14.9. The Kier molecular flexibility index (Phi) is 4.39. The molecule has 1 aromatic heterocycles. The summed E-state index contributed by atoms with van der Waals surface area (Å²) in [5.41, 5.74) is 0.401. The lowest BCUT2D eigenvalue weighted by Gasteiger charge is -2.08. The maximum atomic E-state index is 12.2. The van der Waals surface area contributed by atoms with Crippen LogP contribution >= 0.6 is 38.5 Å². The van der Waals surface area contributed by atoms with Gasteiger partial charge in [0.2, 0.25) is 5.76 Å². The molecule has 0 atom stereocenters. The number of rotatable bonds is 4. The van der Waals surface area contributed by atoms with Gasteiger partial charge in [0, 0.05) is 9.64 Å². The average Bonchev–Trinajstić information content (AvgIpc) is 2.75. The molecule has 0 aliphatic rings. The molecule has 106 valence electrons. The van der Waals surface area contributed by atoms with Gasteiger partial charge in [0.05, 0.1) is 5.69 Å². The number of carboxylic acid groups (broad SMARTS) is 1. The molecule has 0 fully saturated rings. The molecule has 0 spiro atoms. The van der Waals surface area contributed by atoms with Gasteiger partial charge in [0.25, 0.3) is 10.0 Å². The van der Waals surface area contributed by atoms with Crippen molar-refractivity contribution in [2.24, 2.45) is 0 Å². The number of para-hydroxylation sites is 1. The SMILES string of the molecule is O=C(O)c1cc(S(=O)(=O)Nc2ccccc2I)c(Br)o1. The number of benzene rings is 1. The molecule has 0 aliphatic heterocycles. The summed E-state index contributed by atoms with van der Waals surface area (Å²) in [4.78, 5) is 10.5. The van der Waals surface area contributed by atoms with Crippen LogP contribution in [0, 0.1) is 3.57 Å². The maximum absolute atomic E-state index is 12.2. The quantitative estimate of drug-likeness (QED) is 0.667. The summed E-state index contributed by atoms with van der Waals surface area (Å²) in [6, 6.07) is 7.75. The first-order chi connectivity index (χ1) is 9.31. The minimum absolute atomic E-state index is 0.159. The molecule has 2 N–H and O–H groups in total. The molecular formula is C11H7BrINO5S. The van der Waals surface area contributed by atoms with Gasteiger partial charge in [-0.3, -0.25) is 4.72 Å². The Balaban J connectivity index is 2.41. The lowest BCUT2D eigenvalue weighted by Crippen LogP contribution is -2.13. The monoisotopic (exact) mass is 471 g/mol. The summed E-state index contributed by atoms with van der Waals surface area (Å²) in [6.45, 7) is 0. The van der Waals surface area contributed by atoms with Crippen LogP contribution in [0.3, 0.4) is 0 Å². The summed E-state index contributed by atoms with van der Waals surface area (Å²) in [6.07, 6.45) is 0. The summed E-state index contributed by atoms with van der Waals surface area (Å²) < 4.78 is 32.2. The van der Waals surface area contributed by atoms with Crippen molar-refractivity contribution in [3.63, 3.8) is 0 Å². The number of carbonyl (C=O) groups is 1. The van der Waals surface area contributed by atoms with Crippen LogP contribution in [0.25, 0.3) is 0 Å². The lowest BCUT2D eigenvalue weighted by atomic mass is 10.3. The van der Waals surface area contributed by atoms with Crippen LogP contribution in [0.1, 0.15) is 10.6 Å². The molecule has 0 amide bonds. The van der Waals surface area contributed by atoms with Crippen LogP contribution in [0.5, 0.6) is 0 Å². The summed E-state index contributed by atoms with van der Waals surface area (Å²) >= 11 is 4.89. The topological polar surface area (TPSA) is 96.6 Å². The van der Waals surface area contributed by atoms with E-state index in [-0.39, 0.29) is 9.56 Å². The van der Waals surface area contributed by atoms with Crippen LogP contribution < -0.4 is 4.72 Å². The van der Waals surface area contributed by atoms with Crippen molar-refractivity contribution in [2.45, 2.75) is 4.90 Å². The number of furan rings is 1. The van der Waals surface area contributed by atoms with E-state index in [9.17, 15) is 13.2 Å². The third-order valence-corrected chi connectivity index (χ3v) is 5.44. The molecule has 0 saturated carbocycles. The van der Waals surface area contributed by atoms with E-state index in [2.05, 4.69) is 20.7 Å². The van der Waals surface area contributed by atoms with Crippen molar-refractivity contribution in [3.05, 3.63) is 44.3 Å². The number of carboxylic acids is 1. The van der Waals surface area contributed by atoms with E-state index in [1.165, 1.54) is 0 Å². The first-order valence-corrected chi connectivity index (χ1v) is 8.47. The van der Waals surface area contributed by atoms with Crippen LogP contribution in [0.15, 0.2) is 44.3 Å². The molecule has 2 aromatic rings. The molecule has 0 aliphatic carbocycles. The maximum Gasteiger partial charge on any atom is 0.371 e. The fourth-order valence-corrected chi connectivity index (χ4v) is 4.11. The summed E-state index contributed by atoms with van der Waals surface area (Å²) in [5, 5.41) is 8.79. The van der Waals surface area contributed by atoms with Gasteiger partial charge in [-0.2, -0.15) is 0 Å². The van der Waals surface area contributed by atoms with E-state index < -0.39 is 21.8 Å². The molecule has 0 unspecified atom stereocenters. The summed E-state index contributed by atoms with van der Waals surface area (Å²) in [7, 11) is -3.94. The second kappa shape index (κ2) is 5.74. The van der Waals surface area contributed by atoms with E-state index >= 15 is 0 Å². The largest absolute Gasteiger partial charge is 0.475 e. The average molecular weight is 472 g/mol. The number of sulfonamides is 1. The number of hydrogen-bond donors (Lipinski definition) is 2.